The van der Waals surface area contributed by atoms with Crippen molar-refractivity contribution in [2.45, 2.75) is 19.9 Å². The molecule has 0 atom stereocenters. The molecule has 0 aliphatic carbocycles. The molecule has 1 rings (SSSR count). The van der Waals surface area contributed by atoms with E-state index in [1.807, 2.05) is 7.05 Å². The molecule has 1 aromatic rings. The van der Waals surface area contributed by atoms with Gasteiger partial charge in [0.1, 0.15) is 0 Å². The molecular formula is C12H19N3O2. The number of carbonyl (C=O) groups is 1. The SMILES string of the molecule is CC(C)N(C)CCNc1cnccc1C(=O)O. The van der Waals surface area contributed by atoms with Crippen LogP contribution in [0, 0.1) is 0 Å². The first-order chi connectivity index (χ1) is 8.02. The van der Waals surface area contributed by atoms with Gasteiger partial charge in [-0.05, 0) is 27.0 Å². The van der Waals surface area contributed by atoms with E-state index >= 15 is 0 Å². The van der Waals surface area contributed by atoms with E-state index < -0.39 is 5.97 Å². The van der Waals surface area contributed by atoms with Gasteiger partial charge in [0.05, 0.1) is 17.4 Å². The van der Waals surface area contributed by atoms with Crippen LogP contribution < -0.4 is 5.32 Å². The second-order valence-corrected chi connectivity index (χ2v) is 4.23. The van der Waals surface area contributed by atoms with Crippen LogP contribution in [-0.2, 0) is 0 Å². The molecule has 0 aliphatic heterocycles. The standard InChI is InChI=1S/C12H19N3O2/c1-9(2)15(3)7-6-14-11-8-13-5-4-10(11)12(16)17/h4-5,8-9,14H,6-7H2,1-3H3,(H,16,17). The van der Waals surface area contributed by atoms with Crippen LogP contribution in [0.15, 0.2) is 18.5 Å². The molecule has 1 aromatic heterocycles. The maximum absolute atomic E-state index is 10.9. The van der Waals surface area contributed by atoms with Crippen molar-refractivity contribution in [2.24, 2.45) is 0 Å². The molecule has 0 spiro atoms. The van der Waals surface area contributed by atoms with Crippen molar-refractivity contribution in [3.63, 3.8) is 0 Å². The number of aromatic carboxylic acids is 1. The van der Waals surface area contributed by atoms with Crippen LogP contribution in [0.1, 0.15) is 24.2 Å². The fourth-order valence-corrected chi connectivity index (χ4v) is 1.35. The monoisotopic (exact) mass is 237 g/mol. The van der Waals surface area contributed by atoms with Crippen LogP contribution in [0.25, 0.3) is 0 Å². The van der Waals surface area contributed by atoms with Gasteiger partial charge in [0.2, 0.25) is 0 Å². The number of hydrogen-bond donors (Lipinski definition) is 2. The number of likely N-dealkylation sites (N-methyl/N-ethyl adjacent to an activating group) is 1. The largest absolute Gasteiger partial charge is 0.478 e. The Kier molecular flexibility index (Phi) is 4.90. The van der Waals surface area contributed by atoms with Gasteiger partial charge in [0.25, 0.3) is 0 Å². The Balaban J connectivity index is 2.55. The lowest BCUT2D eigenvalue weighted by Crippen LogP contribution is -2.31. The number of nitrogens with one attached hydrogen (secondary N) is 1. The second kappa shape index (κ2) is 6.20. The maximum atomic E-state index is 10.9. The van der Waals surface area contributed by atoms with E-state index in [1.54, 1.807) is 6.20 Å². The summed E-state index contributed by atoms with van der Waals surface area (Å²) in [5.41, 5.74) is 0.823. The zero-order valence-corrected chi connectivity index (χ0v) is 10.5. The van der Waals surface area contributed by atoms with Crippen molar-refractivity contribution in [3.8, 4) is 0 Å². The summed E-state index contributed by atoms with van der Waals surface area (Å²) >= 11 is 0. The van der Waals surface area contributed by atoms with Crippen molar-refractivity contribution in [1.82, 2.24) is 9.88 Å². The Morgan fingerprint density at radius 2 is 2.29 bits per heavy atom. The third-order valence-electron chi connectivity index (χ3n) is 2.71. The van der Waals surface area contributed by atoms with Crippen molar-refractivity contribution in [3.05, 3.63) is 24.0 Å². The van der Waals surface area contributed by atoms with Gasteiger partial charge >= 0.3 is 5.97 Å². The quantitative estimate of drug-likeness (QED) is 0.785. The fourth-order valence-electron chi connectivity index (χ4n) is 1.35. The minimum Gasteiger partial charge on any atom is -0.478 e. The third kappa shape index (κ3) is 4.03. The zero-order chi connectivity index (χ0) is 12.8. The van der Waals surface area contributed by atoms with E-state index in [-0.39, 0.29) is 5.56 Å². The molecule has 5 nitrogen and oxygen atoms in total. The predicted molar refractivity (Wildman–Crippen MR) is 67.5 cm³/mol. The average molecular weight is 237 g/mol. The first-order valence-electron chi connectivity index (χ1n) is 5.63. The highest BCUT2D eigenvalue weighted by molar-refractivity contribution is 5.93. The smallest absolute Gasteiger partial charge is 0.337 e. The van der Waals surface area contributed by atoms with E-state index in [0.717, 1.165) is 6.54 Å². The molecule has 1 heterocycles. The van der Waals surface area contributed by atoms with Gasteiger partial charge in [-0.25, -0.2) is 4.79 Å². The van der Waals surface area contributed by atoms with Crippen molar-refractivity contribution in [1.29, 1.82) is 0 Å². The Morgan fingerprint density at radius 1 is 1.59 bits per heavy atom. The molecule has 0 amide bonds. The highest BCUT2D eigenvalue weighted by Gasteiger charge is 2.09. The molecule has 0 aromatic carbocycles. The lowest BCUT2D eigenvalue weighted by Gasteiger charge is -2.21. The molecule has 0 radical (unpaired) electrons. The Morgan fingerprint density at radius 3 is 2.88 bits per heavy atom. The van der Waals surface area contributed by atoms with Crippen LogP contribution in [0.2, 0.25) is 0 Å². The maximum Gasteiger partial charge on any atom is 0.337 e. The fraction of sp³-hybridized carbons (Fsp3) is 0.500. The minimum absolute atomic E-state index is 0.257. The number of carboxylic acid groups (broad SMARTS) is 1. The summed E-state index contributed by atoms with van der Waals surface area (Å²) in [7, 11) is 2.04. The number of carboxylic acids is 1. The molecule has 0 unspecified atom stereocenters. The first kappa shape index (κ1) is 13.4. The van der Waals surface area contributed by atoms with Gasteiger partial charge in [-0.3, -0.25) is 4.98 Å². The average Bonchev–Trinajstić information content (AvgIpc) is 2.29. The van der Waals surface area contributed by atoms with Crippen molar-refractivity contribution >= 4 is 11.7 Å². The molecule has 17 heavy (non-hydrogen) atoms. The normalized spacial score (nSPS) is 10.9. The number of aromatic nitrogens is 1. The summed E-state index contributed by atoms with van der Waals surface area (Å²) < 4.78 is 0. The van der Waals surface area contributed by atoms with Crippen LogP contribution in [0.5, 0.6) is 0 Å². The van der Waals surface area contributed by atoms with Gasteiger partial charge in [-0.15, -0.1) is 0 Å². The molecule has 2 N–H and O–H groups in total. The number of pyridine rings is 1. The molecule has 0 fully saturated rings. The predicted octanol–water partition coefficient (Wildman–Crippen LogP) is 1.53. The van der Waals surface area contributed by atoms with Crippen LogP contribution in [0.3, 0.4) is 0 Å². The zero-order valence-electron chi connectivity index (χ0n) is 10.5. The lowest BCUT2D eigenvalue weighted by molar-refractivity contribution is 0.0698. The number of rotatable bonds is 6. The summed E-state index contributed by atoms with van der Waals surface area (Å²) in [6, 6.07) is 1.97. The van der Waals surface area contributed by atoms with Crippen molar-refractivity contribution < 1.29 is 9.90 Å². The van der Waals surface area contributed by atoms with Crippen LogP contribution in [-0.4, -0.2) is 47.1 Å². The summed E-state index contributed by atoms with van der Waals surface area (Å²) in [4.78, 5) is 17.1. The first-order valence-corrected chi connectivity index (χ1v) is 5.63. The van der Waals surface area contributed by atoms with E-state index in [1.165, 1.54) is 12.3 Å². The van der Waals surface area contributed by atoms with Gasteiger partial charge in [-0.2, -0.15) is 0 Å². The topological polar surface area (TPSA) is 65.5 Å². The summed E-state index contributed by atoms with van der Waals surface area (Å²) in [6.07, 6.45) is 3.02. The van der Waals surface area contributed by atoms with E-state index in [4.69, 9.17) is 5.11 Å². The Bertz CT molecular complexity index is 380. The second-order valence-electron chi connectivity index (χ2n) is 4.23. The number of nitrogens with zero attached hydrogens (tertiary/aromatic N) is 2. The van der Waals surface area contributed by atoms with Gasteiger partial charge in [0, 0.05) is 25.3 Å². The molecule has 94 valence electrons. The van der Waals surface area contributed by atoms with Crippen LogP contribution >= 0.6 is 0 Å². The third-order valence-corrected chi connectivity index (χ3v) is 2.71. The molecule has 5 heteroatoms. The molecule has 0 aliphatic rings. The number of anilines is 1. The highest BCUT2D eigenvalue weighted by Crippen LogP contribution is 2.12. The van der Waals surface area contributed by atoms with Crippen LogP contribution in [0.4, 0.5) is 5.69 Å². The molecule has 0 saturated heterocycles. The Hall–Kier alpha value is -1.62. The van der Waals surface area contributed by atoms with Gasteiger partial charge in [0.15, 0.2) is 0 Å². The summed E-state index contributed by atoms with van der Waals surface area (Å²) in [5, 5.41) is 12.1. The van der Waals surface area contributed by atoms with E-state index in [2.05, 4.69) is 29.0 Å². The molecule has 0 bridgehead atoms. The highest BCUT2D eigenvalue weighted by atomic mass is 16.4. The lowest BCUT2D eigenvalue weighted by atomic mass is 10.2. The molecular weight excluding hydrogens is 218 g/mol. The molecule has 0 saturated carbocycles. The van der Waals surface area contributed by atoms with Gasteiger partial charge in [-0.1, -0.05) is 0 Å². The van der Waals surface area contributed by atoms with E-state index in [9.17, 15) is 4.79 Å². The van der Waals surface area contributed by atoms with Crippen molar-refractivity contribution in [2.75, 3.05) is 25.5 Å². The number of hydrogen-bond acceptors (Lipinski definition) is 4. The minimum atomic E-state index is -0.938. The summed E-state index contributed by atoms with van der Waals surface area (Å²) in [5.74, 6) is -0.938. The summed E-state index contributed by atoms with van der Waals surface area (Å²) in [6.45, 7) is 5.78. The van der Waals surface area contributed by atoms with Gasteiger partial charge < -0.3 is 15.3 Å². The van der Waals surface area contributed by atoms with E-state index in [0.29, 0.717) is 18.3 Å². The Labute approximate surface area is 101 Å².